The van der Waals surface area contributed by atoms with Gasteiger partial charge in [-0.2, -0.15) is 0 Å². The number of halogens is 1. The number of alkyl halides is 1. The molecule has 4 heteroatoms. The van der Waals surface area contributed by atoms with E-state index in [1.54, 1.807) is 0 Å². The van der Waals surface area contributed by atoms with E-state index in [9.17, 15) is 4.79 Å². The molecule has 0 radical (unpaired) electrons. The van der Waals surface area contributed by atoms with Gasteiger partial charge in [0.1, 0.15) is 5.54 Å². The minimum absolute atomic E-state index is 0.211. The summed E-state index contributed by atoms with van der Waals surface area (Å²) in [7, 11) is 0. The Hall–Kier alpha value is -0.540. The van der Waals surface area contributed by atoms with Crippen LogP contribution < -0.4 is 5.32 Å². The number of hydrogen-bond donors (Lipinski definition) is 1. The Morgan fingerprint density at radius 2 is 2.47 bits per heavy atom. The fourth-order valence-corrected chi connectivity index (χ4v) is 2.07. The molecule has 1 aliphatic rings. The van der Waals surface area contributed by atoms with Crippen molar-refractivity contribution in [3.05, 3.63) is 12.2 Å². The molecule has 0 saturated carbocycles. The molecule has 0 aromatic carbocycles. The van der Waals surface area contributed by atoms with Crippen LogP contribution in [0.5, 0.6) is 0 Å². The summed E-state index contributed by atoms with van der Waals surface area (Å²) in [4.78, 5) is 11.9. The van der Waals surface area contributed by atoms with Crippen molar-refractivity contribution in [2.45, 2.75) is 31.7 Å². The van der Waals surface area contributed by atoms with E-state index in [1.807, 2.05) is 6.92 Å². The molecular formula is C11H18ClNO2. The van der Waals surface area contributed by atoms with Gasteiger partial charge in [0.2, 0.25) is 0 Å². The van der Waals surface area contributed by atoms with E-state index in [0.29, 0.717) is 18.9 Å². The molecule has 0 bridgehead atoms. The van der Waals surface area contributed by atoms with Gasteiger partial charge in [0.15, 0.2) is 0 Å². The average molecular weight is 232 g/mol. The molecule has 0 amide bonds. The van der Waals surface area contributed by atoms with Gasteiger partial charge < -0.3 is 4.74 Å². The maximum absolute atomic E-state index is 11.9. The highest BCUT2D eigenvalue weighted by molar-refractivity contribution is 6.17. The number of hydrogen-bond acceptors (Lipinski definition) is 3. The molecule has 15 heavy (non-hydrogen) atoms. The van der Waals surface area contributed by atoms with Crippen LogP contribution in [0.3, 0.4) is 0 Å². The molecule has 1 heterocycles. The van der Waals surface area contributed by atoms with Crippen molar-refractivity contribution in [2.75, 3.05) is 19.0 Å². The minimum atomic E-state index is -0.676. The third-order valence-corrected chi connectivity index (χ3v) is 3.03. The standard InChI is InChI=1S/C11H18ClNO2/c1-3-15-10(14)11(6-4-7-12)9(2)5-8-13-11/h13H,2-8H2,1H3. The second-order valence-electron chi connectivity index (χ2n) is 3.70. The second-order valence-corrected chi connectivity index (χ2v) is 4.08. The summed E-state index contributed by atoms with van der Waals surface area (Å²) in [6.07, 6.45) is 2.29. The van der Waals surface area contributed by atoms with Crippen molar-refractivity contribution in [2.24, 2.45) is 0 Å². The molecule has 86 valence electrons. The Labute approximate surface area is 95.8 Å². The van der Waals surface area contributed by atoms with E-state index < -0.39 is 5.54 Å². The Kier molecular flexibility index (Phi) is 4.61. The van der Waals surface area contributed by atoms with Crippen molar-refractivity contribution < 1.29 is 9.53 Å². The highest BCUT2D eigenvalue weighted by Gasteiger charge is 2.44. The smallest absolute Gasteiger partial charge is 0.330 e. The summed E-state index contributed by atoms with van der Waals surface area (Å²) in [5, 5.41) is 3.21. The van der Waals surface area contributed by atoms with Crippen LogP contribution in [0.1, 0.15) is 26.2 Å². The maximum Gasteiger partial charge on any atom is 0.330 e. The van der Waals surface area contributed by atoms with Gasteiger partial charge >= 0.3 is 5.97 Å². The molecule has 1 atom stereocenters. The molecule has 0 aromatic heterocycles. The first-order valence-electron chi connectivity index (χ1n) is 5.34. The Morgan fingerprint density at radius 3 is 2.93 bits per heavy atom. The summed E-state index contributed by atoms with van der Waals surface area (Å²) < 4.78 is 5.09. The Balaban J connectivity index is 2.76. The summed E-state index contributed by atoms with van der Waals surface area (Å²) >= 11 is 5.66. The quantitative estimate of drug-likeness (QED) is 0.446. The third kappa shape index (κ3) is 2.52. The largest absolute Gasteiger partial charge is 0.464 e. The fourth-order valence-electron chi connectivity index (χ4n) is 1.94. The van der Waals surface area contributed by atoms with Gasteiger partial charge in [-0.3, -0.25) is 5.32 Å². The lowest BCUT2D eigenvalue weighted by Crippen LogP contribution is -2.49. The second kappa shape index (κ2) is 5.52. The number of carbonyl (C=O) groups is 1. The zero-order valence-corrected chi connectivity index (χ0v) is 9.90. The molecular weight excluding hydrogens is 214 g/mol. The summed E-state index contributed by atoms with van der Waals surface area (Å²) in [6.45, 7) is 6.96. The molecule has 0 aliphatic carbocycles. The molecule has 1 rings (SSSR count). The SMILES string of the molecule is C=C1CCNC1(CCCCl)C(=O)OCC. The normalized spacial score (nSPS) is 25.6. The summed E-state index contributed by atoms with van der Waals surface area (Å²) in [6, 6.07) is 0. The molecule has 1 N–H and O–H groups in total. The predicted octanol–water partition coefficient (Wildman–Crippen LogP) is 1.86. The minimum Gasteiger partial charge on any atom is -0.464 e. The molecule has 0 aromatic rings. The van der Waals surface area contributed by atoms with Crippen LogP contribution in [-0.2, 0) is 9.53 Å². The molecule has 1 unspecified atom stereocenters. The zero-order chi connectivity index (χ0) is 11.3. The van der Waals surface area contributed by atoms with Crippen LogP contribution in [0.25, 0.3) is 0 Å². The Morgan fingerprint density at radius 1 is 1.73 bits per heavy atom. The first kappa shape index (κ1) is 12.5. The molecule has 1 fully saturated rings. The van der Waals surface area contributed by atoms with Gasteiger partial charge in [-0.25, -0.2) is 4.79 Å². The maximum atomic E-state index is 11.9. The van der Waals surface area contributed by atoms with E-state index in [4.69, 9.17) is 16.3 Å². The van der Waals surface area contributed by atoms with Gasteiger partial charge in [-0.15, -0.1) is 11.6 Å². The van der Waals surface area contributed by atoms with E-state index in [2.05, 4.69) is 11.9 Å². The monoisotopic (exact) mass is 231 g/mol. The lowest BCUT2D eigenvalue weighted by molar-refractivity contribution is -0.149. The average Bonchev–Trinajstić information content (AvgIpc) is 2.58. The van der Waals surface area contributed by atoms with Crippen LogP contribution in [0.15, 0.2) is 12.2 Å². The Bertz CT molecular complexity index is 255. The number of carbonyl (C=O) groups excluding carboxylic acids is 1. The molecule has 1 aliphatic heterocycles. The van der Waals surface area contributed by atoms with E-state index in [1.165, 1.54) is 0 Å². The molecule has 1 saturated heterocycles. The van der Waals surface area contributed by atoms with Crippen LogP contribution in [-0.4, -0.2) is 30.5 Å². The van der Waals surface area contributed by atoms with Crippen LogP contribution in [0.2, 0.25) is 0 Å². The van der Waals surface area contributed by atoms with Gasteiger partial charge in [0.05, 0.1) is 6.61 Å². The predicted molar refractivity (Wildman–Crippen MR) is 61.1 cm³/mol. The fraction of sp³-hybridized carbons (Fsp3) is 0.727. The van der Waals surface area contributed by atoms with Crippen LogP contribution in [0, 0.1) is 0 Å². The third-order valence-electron chi connectivity index (χ3n) is 2.77. The van der Waals surface area contributed by atoms with Crippen molar-refractivity contribution in [3.8, 4) is 0 Å². The van der Waals surface area contributed by atoms with E-state index >= 15 is 0 Å². The lowest BCUT2D eigenvalue weighted by atomic mass is 9.88. The van der Waals surface area contributed by atoms with Crippen molar-refractivity contribution in [1.82, 2.24) is 5.32 Å². The van der Waals surface area contributed by atoms with E-state index in [0.717, 1.165) is 25.0 Å². The molecule has 3 nitrogen and oxygen atoms in total. The topological polar surface area (TPSA) is 38.3 Å². The summed E-state index contributed by atoms with van der Waals surface area (Å²) in [5.74, 6) is 0.341. The van der Waals surface area contributed by atoms with Gasteiger partial charge in [-0.05, 0) is 31.8 Å². The number of esters is 1. The highest BCUT2D eigenvalue weighted by atomic mass is 35.5. The van der Waals surface area contributed by atoms with Crippen LogP contribution in [0.4, 0.5) is 0 Å². The summed E-state index contributed by atoms with van der Waals surface area (Å²) in [5.41, 5.74) is 0.247. The van der Waals surface area contributed by atoms with Crippen molar-refractivity contribution in [3.63, 3.8) is 0 Å². The number of ether oxygens (including phenoxy) is 1. The van der Waals surface area contributed by atoms with Crippen LogP contribution >= 0.6 is 11.6 Å². The van der Waals surface area contributed by atoms with Crippen molar-refractivity contribution >= 4 is 17.6 Å². The van der Waals surface area contributed by atoms with Gasteiger partial charge in [0, 0.05) is 12.4 Å². The van der Waals surface area contributed by atoms with Crippen molar-refractivity contribution in [1.29, 1.82) is 0 Å². The first-order valence-corrected chi connectivity index (χ1v) is 5.87. The number of nitrogens with one attached hydrogen (secondary N) is 1. The van der Waals surface area contributed by atoms with E-state index in [-0.39, 0.29) is 5.97 Å². The van der Waals surface area contributed by atoms with Gasteiger partial charge in [-0.1, -0.05) is 6.58 Å². The lowest BCUT2D eigenvalue weighted by Gasteiger charge is -2.28. The highest BCUT2D eigenvalue weighted by Crippen LogP contribution is 2.30. The zero-order valence-electron chi connectivity index (χ0n) is 9.14. The molecule has 0 spiro atoms. The first-order chi connectivity index (χ1) is 7.17. The number of rotatable bonds is 5. The van der Waals surface area contributed by atoms with Gasteiger partial charge in [0.25, 0.3) is 0 Å².